The quantitative estimate of drug-likeness (QED) is 0.659. The Bertz CT molecular complexity index is 775. The van der Waals surface area contributed by atoms with E-state index in [0.29, 0.717) is 24.4 Å². The summed E-state index contributed by atoms with van der Waals surface area (Å²) in [5, 5.41) is 14.6. The molecule has 2 unspecified atom stereocenters. The third-order valence-corrected chi connectivity index (χ3v) is 4.89. The summed E-state index contributed by atoms with van der Waals surface area (Å²) in [6.45, 7) is 0.765. The molecule has 0 aliphatic carbocycles. The SMILES string of the molecule is O=C1CN(C(=O)CCC(=O)NC(C(=O)O)C2CCCOC2)c2ccccc2N1. The lowest BCUT2D eigenvalue weighted by Crippen LogP contribution is -2.48. The zero-order valence-electron chi connectivity index (χ0n) is 15.3. The van der Waals surface area contributed by atoms with E-state index in [0.717, 1.165) is 6.42 Å². The van der Waals surface area contributed by atoms with Gasteiger partial charge in [-0.15, -0.1) is 0 Å². The van der Waals surface area contributed by atoms with E-state index < -0.39 is 17.9 Å². The molecule has 0 bridgehead atoms. The predicted octanol–water partition coefficient (Wildman–Crippen LogP) is 0.748. The Labute approximate surface area is 162 Å². The summed E-state index contributed by atoms with van der Waals surface area (Å²) in [6, 6.07) is 5.89. The summed E-state index contributed by atoms with van der Waals surface area (Å²) < 4.78 is 5.30. The summed E-state index contributed by atoms with van der Waals surface area (Å²) in [5.41, 5.74) is 1.12. The molecule has 0 radical (unpaired) electrons. The minimum atomic E-state index is -1.11. The largest absolute Gasteiger partial charge is 0.480 e. The van der Waals surface area contributed by atoms with Gasteiger partial charge < -0.3 is 25.4 Å². The molecule has 1 fully saturated rings. The Hall–Kier alpha value is -2.94. The van der Waals surface area contributed by atoms with Crippen molar-refractivity contribution in [3.8, 4) is 0 Å². The van der Waals surface area contributed by atoms with Crippen molar-refractivity contribution in [2.75, 3.05) is 30.0 Å². The van der Waals surface area contributed by atoms with E-state index in [1.54, 1.807) is 24.3 Å². The van der Waals surface area contributed by atoms with Crippen LogP contribution in [0.15, 0.2) is 24.3 Å². The highest BCUT2D eigenvalue weighted by atomic mass is 16.5. The number of hydrogen-bond acceptors (Lipinski definition) is 5. The van der Waals surface area contributed by atoms with Crippen LogP contribution in [0.3, 0.4) is 0 Å². The molecule has 2 heterocycles. The number of carboxylic acid groups (broad SMARTS) is 1. The number of rotatable bonds is 6. The summed E-state index contributed by atoms with van der Waals surface area (Å²) in [4.78, 5) is 49.4. The maximum Gasteiger partial charge on any atom is 0.326 e. The first kappa shape index (κ1) is 19.8. The van der Waals surface area contributed by atoms with Gasteiger partial charge in [-0.05, 0) is 25.0 Å². The van der Waals surface area contributed by atoms with Crippen LogP contribution in [-0.4, -0.2) is 54.6 Å². The predicted molar refractivity (Wildman–Crippen MR) is 99.8 cm³/mol. The van der Waals surface area contributed by atoms with Gasteiger partial charge in [0.25, 0.3) is 0 Å². The molecule has 3 amide bonds. The van der Waals surface area contributed by atoms with Crippen molar-refractivity contribution in [2.24, 2.45) is 5.92 Å². The number of hydrogen-bond donors (Lipinski definition) is 3. The molecule has 0 aromatic heterocycles. The lowest BCUT2D eigenvalue weighted by Gasteiger charge is -2.29. The number of carbonyl (C=O) groups excluding carboxylic acids is 3. The summed E-state index contributed by atoms with van der Waals surface area (Å²) in [5.74, 6) is -2.59. The van der Waals surface area contributed by atoms with Crippen LogP contribution in [0.4, 0.5) is 11.4 Å². The maximum atomic E-state index is 12.6. The molecule has 1 aromatic rings. The smallest absolute Gasteiger partial charge is 0.326 e. The van der Waals surface area contributed by atoms with Gasteiger partial charge in [-0.2, -0.15) is 0 Å². The molecule has 2 aliphatic rings. The molecule has 150 valence electrons. The van der Waals surface area contributed by atoms with Crippen LogP contribution in [0.5, 0.6) is 0 Å². The molecular formula is C19H23N3O6. The zero-order chi connectivity index (χ0) is 20.1. The van der Waals surface area contributed by atoms with Gasteiger partial charge in [-0.1, -0.05) is 12.1 Å². The lowest BCUT2D eigenvalue weighted by atomic mass is 9.93. The number of para-hydroxylation sites is 2. The topological polar surface area (TPSA) is 125 Å². The number of anilines is 2. The number of fused-ring (bicyclic) bond motifs is 1. The van der Waals surface area contributed by atoms with E-state index in [1.165, 1.54) is 4.90 Å². The molecule has 28 heavy (non-hydrogen) atoms. The van der Waals surface area contributed by atoms with Crippen molar-refractivity contribution in [2.45, 2.75) is 31.7 Å². The van der Waals surface area contributed by atoms with Gasteiger partial charge in [0.2, 0.25) is 17.7 Å². The molecular weight excluding hydrogens is 366 g/mol. The van der Waals surface area contributed by atoms with Crippen LogP contribution in [0.2, 0.25) is 0 Å². The van der Waals surface area contributed by atoms with Gasteiger partial charge in [0.05, 0.1) is 18.0 Å². The highest BCUT2D eigenvalue weighted by molar-refractivity contribution is 6.10. The summed E-state index contributed by atoms with van der Waals surface area (Å²) in [6.07, 6.45) is 1.13. The van der Waals surface area contributed by atoms with Crippen molar-refractivity contribution in [1.29, 1.82) is 0 Å². The van der Waals surface area contributed by atoms with Gasteiger partial charge in [0.15, 0.2) is 0 Å². The van der Waals surface area contributed by atoms with E-state index in [-0.39, 0.29) is 43.7 Å². The molecule has 0 spiro atoms. The Morgan fingerprint density at radius 2 is 2.07 bits per heavy atom. The Kier molecular flexibility index (Phi) is 6.25. The van der Waals surface area contributed by atoms with Gasteiger partial charge in [0.1, 0.15) is 12.6 Å². The van der Waals surface area contributed by atoms with E-state index in [9.17, 15) is 24.3 Å². The van der Waals surface area contributed by atoms with Gasteiger partial charge in [-0.25, -0.2) is 4.79 Å². The number of ether oxygens (including phenoxy) is 1. The fourth-order valence-corrected chi connectivity index (χ4v) is 3.47. The van der Waals surface area contributed by atoms with E-state index in [1.807, 2.05) is 0 Å². The van der Waals surface area contributed by atoms with Crippen molar-refractivity contribution in [3.63, 3.8) is 0 Å². The number of aliphatic carboxylic acids is 1. The Balaban J connectivity index is 1.57. The second-order valence-electron chi connectivity index (χ2n) is 6.91. The molecule has 9 heteroatoms. The highest BCUT2D eigenvalue weighted by Gasteiger charge is 2.32. The minimum absolute atomic E-state index is 0.116. The molecule has 2 atom stereocenters. The molecule has 2 aliphatic heterocycles. The van der Waals surface area contributed by atoms with E-state index >= 15 is 0 Å². The molecule has 1 aromatic carbocycles. The average molecular weight is 389 g/mol. The molecule has 3 rings (SSSR count). The standard InChI is InChI=1S/C19H23N3O6/c23-15(21-18(19(26)27)12-4-3-9-28-11-12)7-8-17(25)22-10-16(24)20-13-5-1-2-6-14(13)22/h1-2,5-6,12,18H,3-4,7-11H2,(H,20,24)(H,21,23)(H,26,27). The second kappa shape index (κ2) is 8.83. The van der Waals surface area contributed by atoms with Crippen LogP contribution in [0, 0.1) is 5.92 Å². The number of benzene rings is 1. The van der Waals surface area contributed by atoms with Crippen LogP contribution >= 0.6 is 0 Å². The molecule has 9 nitrogen and oxygen atoms in total. The third kappa shape index (κ3) is 4.66. The average Bonchev–Trinajstić information content (AvgIpc) is 2.70. The summed E-state index contributed by atoms with van der Waals surface area (Å²) >= 11 is 0. The van der Waals surface area contributed by atoms with E-state index in [4.69, 9.17) is 4.74 Å². The van der Waals surface area contributed by atoms with Crippen molar-refractivity contribution in [3.05, 3.63) is 24.3 Å². The Morgan fingerprint density at radius 3 is 2.79 bits per heavy atom. The van der Waals surface area contributed by atoms with Crippen molar-refractivity contribution in [1.82, 2.24) is 5.32 Å². The second-order valence-corrected chi connectivity index (χ2v) is 6.91. The zero-order valence-corrected chi connectivity index (χ0v) is 15.3. The van der Waals surface area contributed by atoms with E-state index in [2.05, 4.69) is 10.6 Å². The Morgan fingerprint density at radius 1 is 1.29 bits per heavy atom. The molecule has 1 saturated heterocycles. The number of nitrogens with zero attached hydrogens (tertiary/aromatic N) is 1. The fourth-order valence-electron chi connectivity index (χ4n) is 3.47. The highest BCUT2D eigenvalue weighted by Crippen LogP contribution is 2.29. The van der Waals surface area contributed by atoms with Crippen LogP contribution in [0.1, 0.15) is 25.7 Å². The molecule has 3 N–H and O–H groups in total. The van der Waals surface area contributed by atoms with Gasteiger partial charge >= 0.3 is 5.97 Å². The minimum Gasteiger partial charge on any atom is -0.480 e. The lowest BCUT2D eigenvalue weighted by molar-refractivity contribution is -0.145. The number of carboxylic acids is 1. The maximum absolute atomic E-state index is 12.6. The third-order valence-electron chi connectivity index (χ3n) is 4.89. The van der Waals surface area contributed by atoms with Crippen molar-refractivity contribution >= 4 is 35.1 Å². The van der Waals surface area contributed by atoms with Gasteiger partial charge in [0, 0.05) is 25.4 Å². The van der Waals surface area contributed by atoms with Crippen LogP contribution in [0.25, 0.3) is 0 Å². The fraction of sp³-hybridized carbons (Fsp3) is 0.474. The first-order valence-electron chi connectivity index (χ1n) is 9.25. The number of carbonyl (C=O) groups is 4. The van der Waals surface area contributed by atoms with Crippen LogP contribution in [-0.2, 0) is 23.9 Å². The van der Waals surface area contributed by atoms with Gasteiger partial charge in [-0.3, -0.25) is 14.4 Å². The van der Waals surface area contributed by atoms with Crippen LogP contribution < -0.4 is 15.5 Å². The number of amides is 3. The normalized spacial score (nSPS) is 19.9. The summed E-state index contributed by atoms with van der Waals surface area (Å²) in [7, 11) is 0. The first-order chi connectivity index (χ1) is 13.5. The monoisotopic (exact) mass is 389 g/mol. The van der Waals surface area contributed by atoms with Crippen molar-refractivity contribution < 1.29 is 29.0 Å². The molecule has 0 saturated carbocycles. The number of nitrogens with one attached hydrogen (secondary N) is 2. The first-order valence-corrected chi connectivity index (χ1v) is 9.25.